The van der Waals surface area contributed by atoms with Crippen LogP contribution in [0.3, 0.4) is 0 Å². The lowest BCUT2D eigenvalue weighted by molar-refractivity contribution is 0.109. The number of aromatic nitrogens is 4. The van der Waals surface area contributed by atoms with Gasteiger partial charge in [-0.1, -0.05) is 23.2 Å². The van der Waals surface area contributed by atoms with Crippen molar-refractivity contribution in [1.82, 2.24) is 20.3 Å². The zero-order valence-corrected chi connectivity index (χ0v) is 12.9. The summed E-state index contributed by atoms with van der Waals surface area (Å²) in [6.07, 6.45) is 4.95. The second kappa shape index (κ2) is 6.13. The summed E-state index contributed by atoms with van der Waals surface area (Å²) in [7, 11) is 1.60. The van der Waals surface area contributed by atoms with E-state index in [4.69, 9.17) is 19.5 Å². The molecule has 0 amide bonds. The first-order valence-corrected chi connectivity index (χ1v) is 7.58. The van der Waals surface area contributed by atoms with E-state index in [1.807, 2.05) is 6.92 Å². The summed E-state index contributed by atoms with van der Waals surface area (Å²) in [6, 6.07) is 0. The van der Waals surface area contributed by atoms with E-state index in [0.29, 0.717) is 36.3 Å². The number of nitrogens with two attached hydrogens (primary N) is 1. The Balaban J connectivity index is 1.60. The van der Waals surface area contributed by atoms with Crippen LogP contribution in [0.15, 0.2) is 9.05 Å². The summed E-state index contributed by atoms with van der Waals surface area (Å²) in [5, 5.41) is 7.91. The molecule has 2 aromatic rings. The molecule has 2 aromatic heterocycles. The Morgan fingerprint density at radius 2 is 1.77 bits per heavy atom. The Morgan fingerprint density at radius 3 is 2.45 bits per heavy atom. The Hall–Kier alpha value is -1.80. The van der Waals surface area contributed by atoms with E-state index in [1.54, 1.807) is 7.11 Å². The quantitative estimate of drug-likeness (QED) is 0.857. The summed E-state index contributed by atoms with van der Waals surface area (Å²) in [5.41, 5.74) is 5.89. The summed E-state index contributed by atoms with van der Waals surface area (Å²) in [4.78, 5) is 8.70. The zero-order valence-electron chi connectivity index (χ0n) is 12.9. The van der Waals surface area contributed by atoms with Crippen LogP contribution in [0.25, 0.3) is 0 Å². The van der Waals surface area contributed by atoms with Gasteiger partial charge in [0, 0.05) is 20.0 Å². The fourth-order valence-corrected chi connectivity index (χ4v) is 2.64. The highest BCUT2D eigenvalue weighted by molar-refractivity contribution is 5.06. The van der Waals surface area contributed by atoms with E-state index in [0.717, 1.165) is 25.7 Å². The predicted octanol–water partition coefficient (Wildman–Crippen LogP) is 1.67. The SMILES string of the molecule is COC(C)c1noc(CCc2nc(C3(N)CCCC3)no2)n1. The molecule has 120 valence electrons. The molecule has 2 N–H and O–H groups in total. The van der Waals surface area contributed by atoms with Crippen LogP contribution in [0.4, 0.5) is 0 Å². The fourth-order valence-electron chi connectivity index (χ4n) is 2.64. The van der Waals surface area contributed by atoms with Gasteiger partial charge in [0.15, 0.2) is 11.6 Å². The monoisotopic (exact) mass is 307 g/mol. The third-order valence-electron chi connectivity index (χ3n) is 4.16. The molecule has 1 atom stereocenters. The maximum absolute atomic E-state index is 6.31. The molecule has 0 aliphatic heterocycles. The number of nitrogens with zero attached hydrogens (tertiary/aromatic N) is 4. The standard InChI is InChI=1S/C14H21N5O3/c1-9(20-2)12-16-10(21-18-12)5-6-11-17-13(19-22-11)14(15)7-3-4-8-14/h9H,3-8,15H2,1-2H3. The minimum Gasteiger partial charge on any atom is -0.374 e. The third-order valence-corrected chi connectivity index (χ3v) is 4.16. The Morgan fingerprint density at radius 1 is 1.14 bits per heavy atom. The van der Waals surface area contributed by atoms with Crippen molar-refractivity contribution < 1.29 is 13.8 Å². The fraction of sp³-hybridized carbons (Fsp3) is 0.714. The van der Waals surface area contributed by atoms with Crippen LogP contribution >= 0.6 is 0 Å². The summed E-state index contributed by atoms with van der Waals surface area (Å²) in [6.45, 7) is 1.86. The molecule has 2 heterocycles. The lowest BCUT2D eigenvalue weighted by Gasteiger charge is -2.17. The average molecular weight is 307 g/mol. The van der Waals surface area contributed by atoms with Crippen LogP contribution < -0.4 is 5.73 Å². The second-order valence-corrected chi connectivity index (χ2v) is 5.80. The van der Waals surface area contributed by atoms with Crippen LogP contribution in [0.5, 0.6) is 0 Å². The predicted molar refractivity (Wildman–Crippen MR) is 75.8 cm³/mol. The van der Waals surface area contributed by atoms with Gasteiger partial charge < -0.3 is 19.5 Å². The molecule has 22 heavy (non-hydrogen) atoms. The van der Waals surface area contributed by atoms with Crippen molar-refractivity contribution in [3.63, 3.8) is 0 Å². The maximum Gasteiger partial charge on any atom is 0.227 e. The van der Waals surface area contributed by atoms with Crippen molar-refractivity contribution in [1.29, 1.82) is 0 Å². The molecular formula is C14H21N5O3. The number of methoxy groups -OCH3 is 1. The second-order valence-electron chi connectivity index (χ2n) is 5.80. The highest BCUT2D eigenvalue weighted by Crippen LogP contribution is 2.34. The molecule has 1 fully saturated rings. The summed E-state index contributed by atoms with van der Waals surface area (Å²) in [5.74, 6) is 2.23. The smallest absolute Gasteiger partial charge is 0.227 e. The number of aryl methyl sites for hydroxylation is 2. The maximum atomic E-state index is 6.31. The van der Waals surface area contributed by atoms with Crippen molar-refractivity contribution in [2.45, 2.75) is 57.1 Å². The Bertz CT molecular complexity index is 618. The van der Waals surface area contributed by atoms with E-state index >= 15 is 0 Å². The molecule has 0 aromatic carbocycles. The first-order valence-electron chi connectivity index (χ1n) is 7.58. The van der Waals surface area contributed by atoms with Crippen molar-refractivity contribution in [2.24, 2.45) is 5.73 Å². The van der Waals surface area contributed by atoms with Gasteiger partial charge in [-0.2, -0.15) is 9.97 Å². The number of hydrogen-bond donors (Lipinski definition) is 1. The molecule has 8 heteroatoms. The topological polar surface area (TPSA) is 113 Å². The van der Waals surface area contributed by atoms with E-state index in [-0.39, 0.29) is 6.10 Å². The van der Waals surface area contributed by atoms with E-state index < -0.39 is 5.54 Å². The Kier molecular flexibility index (Phi) is 4.21. The van der Waals surface area contributed by atoms with Crippen LogP contribution in [0, 0.1) is 0 Å². The molecule has 0 spiro atoms. The van der Waals surface area contributed by atoms with Crippen molar-refractivity contribution in [3.8, 4) is 0 Å². The first-order chi connectivity index (χ1) is 10.6. The van der Waals surface area contributed by atoms with Gasteiger partial charge in [-0.3, -0.25) is 0 Å². The van der Waals surface area contributed by atoms with E-state index in [9.17, 15) is 0 Å². The molecule has 1 saturated carbocycles. The Labute approximate surface area is 128 Å². The van der Waals surface area contributed by atoms with Crippen LogP contribution in [0.1, 0.15) is 62.1 Å². The minimum absolute atomic E-state index is 0.188. The lowest BCUT2D eigenvalue weighted by Crippen LogP contribution is -2.34. The first kappa shape index (κ1) is 15.1. The molecule has 1 unspecified atom stereocenters. The van der Waals surface area contributed by atoms with Gasteiger partial charge in [0.1, 0.15) is 6.10 Å². The van der Waals surface area contributed by atoms with Gasteiger partial charge in [-0.25, -0.2) is 0 Å². The van der Waals surface area contributed by atoms with E-state index in [1.165, 1.54) is 0 Å². The molecule has 0 bridgehead atoms. The van der Waals surface area contributed by atoms with Gasteiger partial charge in [0.2, 0.25) is 11.8 Å². The van der Waals surface area contributed by atoms with Gasteiger partial charge in [-0.05, 0) is 19.8 Å². The number of rotatable bonds is 6. The van der Waals surface area contributed by atoms with Gasteiger partial charge in [0.25, 0.3) is 0 Å². The number of ether oxygens (including phenoxy) is 1. The van der Waals surface area contributed by atoms with Crippen LogP contribution in [-0.4, -0.2) is 27.4 Å². The lowest BCUT2D eigenvalue weighted by atomic mass is 9.99. The summed E-state index contributed by atoms with van der Waals surface area (Å²) < 4.78 is 15.6. The number of hydrogen-bond acceptors (Lipinski definition) is 8. The highest BCUT2D eigenvalue weighted by atomic mass is 16.5. The van der Waals surface area contributed by atoms with Crippen LogP contribution in [0.2, 0.25) is 0 Å². The molecular weight excluding hydrogens is 286 g/mol. The van der Waals surface area contributed by atoms with E-state index in [2.05, 4.69) is 20.3 Å². The molecule has 8 nitrogen and oxygen atoms in total. The molecule has 1 aliphatic carbocycles. The van der Waals surface area contributed by atoms with Gasteiger partial charge in [-0.15, -0.1) is 0 Å². The normalized spacial score (nSPS) is 18.7. The average Bonchev–Trinajstić information content (AvgIpc) is 3.25. The molecule has 0 radical (unpaired) electrons. The zero-order chi connectivity index (χ0) is 15.6. The third kappa shape index (κ3) is 3.02. The summed E-state index contributed by atoms with van der Waals surface area (Å²) >= 11 is 0. The molecule has 1 aliphatic rings. The largest absolute Gasteiger partial charge is 0.374 e. The minimum atomic E-state index is -0.423. The van der Waals surface area contributed by atoms with Crippen LogP contribution in [-0.2, 0) is 23.1 Å². The van der Waals surface area contributed by atoms with Gasteiger partial charge >= 0.3 is 0 Å². The molecule has 3 rings (SSSR count). The van der Waals surface area contributed by atoms with Gasteiger partial charge in [0.05, 0.1) is 5.54 Å². The molecule has 0 saturated heterocycles. The van der Waals surface area contributed by atoms with Crippen molar-refractivity contribution >= 4 is 0 Å². The van der Waals surface area contributed by atoms with Crippen molar-refractivity contribution in [2.75, 3.05) is 7.11 Å². The highest BCUT2D eigenvalue weighted by Gasteiger charge is 2.35. The van der Waals surface area contributed by atoms with Crippen molar-refractivity contribution in [3.05, 3.63) is 23.4 Å².